The first kappa shape index (κ1) is 22.2. The third kappa shape index (κ3) is 5.78. The lowest BCUT2D eigenvalue weighted by Crippen LogP contribution is -2.33. The van der Waals surface area contributed by atoms with Gasteiger partial charge in [-0.05, 0) is 73.4 Å². The number of carbonyl (C=O) groups excluding carboxylic acids is 1. The second-order valence-corrected chi connectivity index (χ2v) is 9.03. The number of aryl methyl sites for hydroxylation is 1. The van der Waals surface area contributed by atoms with Crippen LogP contribution in [0.3, 0.4) is 0 Å². The predicted molar refractivity (Wildman–Crippen MR) is 124 cm³/mol. The molecule has 1 aliphatic rings. The van der Waals surface area contributed by atoms with Gasteiger partial charge in [-0.2, -0.15) is 0 Å². The fourth-order valence-corrected chi connectivity index (χ4v) is 3.99. The summed E-state index contributed by atoms with van der Waals surface area (Å²) in [5, 5.41) is 3.06. The Hall–Kier alpha value is -2.49. The van der Waals surface area contributed by atoms with Crippen molar-refractivity contribution in [3.8, 4) is 5.75 Å². The SMILES string of the molecule is Cc1ccc(C(C)C)c(OCC(=O)NC(C)c2ccc(N3CCC(C)CC3)cc2)c1. The summed E-state index contributed by atoms with van der Waals surface area (Å²) in [7, 11) is 0. The van der Waals surface area contributed by atoms with Gasteiger partial charge in [0.05, 0.1) is 6.04 Å². The van der Waals surface area contributed by atoms with Crippen LogP contribution in [0.25, 0.3) is 0 Å². The lowest BCUT2D eigenvalue weighted by Gasteiger charge is -2.32. The van der Waals surface area contributed by atoms with E-state index in [9.17, 15) is 4.79 Å². The van der Waals surface area contributed by atoms with E-state index in [1.165, 1.54) is 18.5 Å². The summed E-state index contributed by atoms with van der Waals surface area (Å²) in [6, 6.07) is 14.7. The van der Waals surface area contributed by atoms with Gasteiger partial charge in [0.15, 0.2) is 6.61 Å². The quantitative estimate of drug-likeness (QED) is 0.647. The molecule has 1 N–H and O–H groups in total. The van der Waals surface area contributed by atoms with E-state index < -0.39 is 0 Å². The van der Waals surface area contributed by atoms with Crippen LogP contribution < -0.4 is 15.0 Å². The Bertz CT molecular complexity index is 837. The Kier molecular flexibility index (Phi) is 7.41. The normalized spacial score (nSPS) is 15.9. The summed E-state index contributed by atoms with van der Waals surface area (Å²) in [4.78, 5) is 14.9. The molecule has 0 saturated carbocycles. The minimum atomic E-state index is -0.104. The highest BCUT2D eigenvalue weighted by Gasteiger charge is 2.17. The van der Waals surface area contributed by atoms with Crippen LogP contribution in [-0.4, -0.2) is 25.6 Å². The lowest BCUT2D eigenvalue weighted by atomic mass is 9.98. The molecule has 4 nitrogen and oxygen atoms in total. The van der Waals surface area contributed by atoms with E-state index in [-0.39, 0.29) is 18.6 Å². The molecule has 2 aromatic carbocycles. The first-order valence-electron chi connectivity index (χ1n) is 11.2. The Morgan fingerprint density at radius 1 is 1.10 bits per heavy atom. The van der Waals surface area contributed by atoms with Gasteiger partial charge in [0.1, 0.15) is 5.75 Å². The van der Waals surface area contributed by atoms with Gasteiger partial charge in [-0.1, -0.05) is 45.0 Å². The average molecular weight is 409 g/mol. The van der Waals surface area contributed by atoms with E-state index in [0.29, 0.717) is 5.92 Å². The molecule has 1 unspecified atom stereocenters. The van der Waals surface area contributed by atoms with Gasteiger partial charge in [-0.3, -0.25) is 4.79 Å². The number of hydrogen-bond donors (Lipinski definition) is 1. The number of rotatable bonds is 7. The summed E-state index contributed by atoms with van der Waals surface area (Å²) >= 11 is 0. The number of nitrogens with zero attached hydrogens (tertiary/aromatic N) is 1. The largest absolute Gasteiger partial charge is 0.483 e. The van der Waals surface area contributed by atoms with Gasteiger partial charge in [0.2, 0.25) is 0 Å². The molecular weight excluding hydrogens is 372 g/mol. The van der Waals surface area contributed by atoms with Crippen LogP contribution in [0.15, 0.2) is 42.5 Å². The number of anilines is 1. The minimum absolute atomic E-state index is 0.0254. The van der Waals surface area contributed by atoms with Crippen molar-refractivity contribution in [3.63, 3.8) is 0 Å². The molecule has 0 spiro atoms. The molecule has 1 atom stereocenters. The fourth-order valence-electron chi connectivity index (χ4n) is 3.99. The average Bonchev–Trinajstić information content (AvgIpc) is 2.72. The van der Waals surface area contributed by atoms with Gasteiger partial charge >= 0.3 is 0 Å². The number of amides is 1. The molecule has 1 heterocycles. The van der Waals surface area contributed by atoms with E-state index in [1.54, 1.807) is 0 Å². The van der Waals surface area contributed by atoms with Gasteiger partial charge in [0.25, 0.3) is 5.91 Å². The van der Waals surface area contributed by atoms with Crippen LogP contribution in [0.5, 0.6) is 5.75 Å². The summed E-state index contributed by atoms with van der Waals surface area (Å²) in [6.45, 7) is 12.9. The Balaban J connectivity index is 1.54. The third-order valence-corrected chi connectivity index (χ3v) is 6.07. The summed E-state index contributed by atoms with van der Waals surface area (Å²) < 4.78 is 5.87. The maximum atomic E-state index is 12.5. The van der Waals surface area contributed by atoms with Crippen LogP contribution in [0, 0.1) is 12.8 Å². The molecule has 3 rings (SSSR count). The molecule has 162 valence electrons. The monoisotopic (exact) mass is 408 g/mol. The second-order valence-electron chi connectivity index (χ2n) is 9.03. The third-order valence-electron chi connectivity index (χ3n) is 6.07. The van der Waals surface area contributed by atoms with Gasteiger partial charge < -0.3 is 15.0 Å². The van der Waals surface area contributed by atoms with E-state index in [4.69, 9.17) is 4.74 Å². The summed E-state index contributed by atoms with van der Waals surface area (Å²) in [5.74, 6) is 1.87. The van der Waals surface area contributed by atoms with Crippen LogP contribution in [0.4, 0.5) is 5.69 Å². The Morgan fingerprint density at radius 2 is 1.77 bits per heavy atom. The van der Waals surface area contributed by atoms with E-state index in [2.05, 4.69) is 67.4 Å². The van der Waals surface area contributed by atoms with Crippen molar-refractivity contribution >= 4 is 11.6 Å². The molecule has 30 heavy (non-hydrogen) atoms. The van der Waals surface area contributed by atoms with Crippen molar-refractivity contribution in [2.24, 2.45) is 5.92 Å². The molecular formula is C26H36N2O2. The van der Waals surface area contributed by atoms with E-state index in [0.717, 1.165) is 41.4 Å². The first-order valence-corrected chi connectivity index (χ1v) is 11.2. The zero-order valence-corrected chi connectivity index (χ0v) is 19.1. The van der Waals surface area contributed by atoms with E-state index >= 15 is 0 Å². The second kappa shape index (κ2) is 10.0. The molecule has 0 bridgehead atoms. The van der Waals surface area contributed by atoms with Crippen molar-refractivity contribution in [1.82, 2.24) is 5.32 Å². The van der Waals surface area contributed by atoms with Gasteiger partial charge in [0, 0.05) is 18.8 Å². The molecule has 4 heteroatoms. The Morgan fingerprint density at radius 3 is 2.40 bits per heavy atom. The molecule has 1 saturated heterocycles. The van der Waals surface area contributed by atoms with E-state index in [1.807, 2.05) is 19.9 Å². The van der Waals surface area contributed by atoms with Crippen LogP contribution >= 0.6 is 0 Å². The molecule has 1 amide bonds. The number of piperidine rings is 1. The van der Waals surface area contributed by atoms with Crippen LogP contribution in [0.2, 0.25) is 0 Å². The van der Waals surface area contributed by atoms with Crippen molar-refractivity contribution in [2.75, 3.05) is 24.6 Å². The number of carbonyl (C=O) groups is 1. The predicted octanol–water partition coefficient (Wildman–Crippen LogP) is 5.61. The van der Waals surface area contributed by atoms with Gasteiger partial charge in [-0.15, -0.1) is 0 Å². The highest BCUT2D eigenvalue weighted by Crippen LogP contribution is 2.28. The maximum Gasteiger partial charge on any atom is 0.258 e. The zero-order valence-electron chi connectivity index (χ0n) is 19.1. The van der Waals surface area contributed by atoms with Crippen LogP contribution in [0.1, 0.15) is 69.2 Å². The lowest BCUT2D eigenvalue weighted by molar-refractivity contribution is -0.123. The van der Waals surface area contributed by atoms with Crippen molar-refractivity contribution < 1.29 is 9.53 Å². The molecule has 2 aromatic rings. The highest BCUT2D eigenvalue weighted by atomic mass is 16.5. The standard InChI is InChI=1S/C26H36N2O2/c1-18(2)24-11-6-20(4)16-25(24)30-17-26(29)27-21(5)22-7-9-23(10-8-22)28-14-12-19(3)13-15-28/h6-11,16,18-19,21H,12-15,17H2,1-5H3,(H,27,29). The van der Waals surface area contributed by atoms with Crippen LogP contribution in [-0.2, 0) is 4.79 Å². The number of nitrogens with one attached hydrogen (secondary N) is 1. The van der Waals surface area contributed by atoms with Crippen molar-refractivity contribution in [3.05, 3.63) is 59.2 Å². The number of hydrogen-bond acceptors (Lipinski definition) is 3. The van der Waals surface area contributed by atoms with Gasteiger partial charge in [-0.25, -0.2) is 0 Å². The molecule has 0 aromatic heterocycles. The molecule has 0 radical (unpaired) electrons. The number of benzene rings is 2. The Labute approximate surface area is 181 Å². The molecule has 0 aliphatic carbocycles. The summed E-state index contributed by atoms with van der Waals surface area (Å²) in [6.07, 6.45) is 2.52. The van der Waals surface area contributed by atoms with Crippen molar-refractivity contribution in [1.29, 1.82) is 0 Å². The highest BCUT2D eigenvalue weighted by molar-refractivity contribution is 5.78. The topological polar surface area (TPSA) is 41.6 Å². The molecule has 1 aliphatic heterocycles. The number of ether oxygens (including phenoxy) is 1. The first-order chi connectivity index (χ1) is 14.3. The zero-order chi connectivity index (χ0) is 21.7. The molecule has 1 fully saturated rings. The fraction of sp³-hybridized carbons (Fsp3) is 0.500. The smallest absolute Gasteiger partial charge is 0.258 e. The summed E-state index contributed by atoms with van der Waals surface area (Å²) in [5.41, 5.74) is 4.64. The maximum absolute atomic E-state index is 12.5. The minimum Gasteiger partial charge on any atom is -0.483 e. The van der Waals surface area contributed by atoms with Crippen molar-refractivity contribution in [2.45, 2.75) is 59.4 Å².